The van der Waals surface area contributed by atoms with Crippen LogP contribution in [-0.2, 0) is 23.2 Å². The standard InChI is InChI=1S/C10H11BrN2O3S3/c1-6-8(17-5-12-6)3-13-19(15,16)9-2-7(4-14)18-10(9)11/h2,5,13-14H,3-4H2,1H3. The lowest BCUT2D eigenvalue weighted by molar-refractivity contribution is 0.285. The number of sulfonamides is 1. The number of hydrogen-bond acceptors (Lipinski definition) is 6. The van der Waals surface area contributed by atoms with Gasteiger partial charge in [0.15, 0.2) is 0 Å². The topological polar surface area (TPSA) is 79.3 Å². The van der Waals surface area contributed by atoms with E-state index in [1.807, 2.05) is 6.92 Å². The number of nitrogens with one attached hydrogen (secondary N) is 1. The van der Waals surface area contributed by atoms with Gasteiger partial charge in [-0.1, -0.05) is 0 Å². The number of thiazole rings is 1. The fourth-order valence-corrected chi connectivity index (χ4v) is 5.74. The van der Waals surface area contributed by atoms with E-state index in [9.17, 15) is 8.42 Å². The molecule has 0 saturated carbocycles. The average molecular weight is 383 g/mol. The van der Waals surface area contributed by atoms with E-state index in [0.717, 1.165) is 10.6 Å². The van der Waals surface area contributed by atoms with Crippen LogP contribution in [0.4, 0.5) is 0 Å². The molecule has 19 heavy (non-hydrogen) atoms. The summed E-state index contributed by atoms with van der Waals surface area (Å²) < 4.78 is 27.3. The van der Waals surface area contributed by atoms with Crippen molar-refractivity contribution in [2.45, 2.75) is 25.0 Å². The Bertz CT molecular complexity index is 678. The van der Waals surface area contributed by atoms with Crippen LogP contribution in [0.2, 0.25) is 0 Å². The highest BCUT2D eigenvalue weighted by atomic mass is 79.9. The van der Waals surface area contributed by atoms with Crippen molar-refractivity contribution < 1.29 is 13.5 Å². The second kappa shape index (κ2) is 5.98. The highest BCUT2D eigenvalue weighted by Crippen LogP contribution is 2.31. The minimum absolute atomic E-state index is 0.156. The summed E-state index contributed by atoms with van der Waals surface area (Å²) in [5.41, 5.74) is 2.51. The minimum atomic E-state index is -3.59. The Morgan fingerprint density at radius 1 is 1.53 bits per heavy atom. The fraction of sp³-hybridized carbons (Fsp3) is 0.300. The number of thiophene rings is 1. The summed E-state index contributed by atoms with van der Waals surface area (Å²) in [5, 5.41) is 9.03. The first-order valence-corrected chi connectivity index (χ1v) is 9.19. The van der Waals surface area contributed by atoms with Gasteiger partial charge in [-0.2, -0.15) is 0 Å². The molecule has 0 amide bonds. The molecule has 0 spiro atoms. The predicted octanol–water partition coefficient (Wildman–Crippen LogP) is 2.25. The average Bonchev–Trinajstić information content (AvgIpc) is 2.93. The highest BCUT2D eigenvalue weighted by Gasteiger charge is 2.21. The molecule has 2 aromatic heterocycles. The number of aryl methyl sites for hydroxylation is 1. The van der Waals surface area contributed by atoms with Gasteiger partial charge >= 0.3 is 0 Å². The molecule has 2 aromatic rings. The molecule has 0 aliphatic heterocycles. The Morgan fingerprint density at radius 3 is 2.79 bits per heavy atom. The molecule has 5 nitrogen and oxygen atoms in total. The van der Waals surface area contributed by atoms with Gasteiger partial charge in [-0.25, -0.2) is 18.1 Å². The van der Waals surface area contributed by atoms with Crippen LogP contribution in [0, 0.1) is 6.92 Å². The summed E-state index contributed by atoms with van der Waals surface area (Å²) in [6.45, 7) is 1.88. The van der Waals surface area contributed by atoms with Crippen molar-refractivity contribution in [3.8, 4) is 0 Å². The first-order chi connectivity index (χ1) is 8.94. The Labute approximate surface area is 127 Å². The molecule has 0 aromatic carbocycles. The summed E-state index contributed by atoms with van der Waals surface area (Å²) in [6.07, 6.45) is 0. The summed E-state index contributed by atoms with van der Waals surface area (Å²) >= 11 is 5.82. The third-order valence-electron chi connectivity index (χ3n) is 2.42. The number of rotatable bonds is 5. The zero-order valence-corrected chi connectivity index (χ0v) is 13.9. The molecular weight excluding hydrogens is 372 g/mol. The van der Waals surface area contributed by atoms with Crippen LogP contribution in [-0.4, -0.2) is 18.5 Å². The van der Waals surface area contributed by atoms with Crippen LogP contribution >= 0.6 is 38.6 Å². The summed E-state index contributed by atoms with van der Waals surface area (Å²) in [5.74, 6) is 0. The van der Waals surface area contributed by atoms with Crippen molar-refractivity contribution in [3.63, 3.8) is 0 Å². The largest absolute Gasteiger partial charge is 0.391 e. The number of halogens is 1. The molecule has 2 N–H and O–H groups in total. The molecule has 0 unspecified atom stereocenters. The van der Waals surface area contributed by atoms with E-state index in [0.29, 0.717) is 8.66 Å². The number of aliphatic hydroxyl groups excluding tert-OH is 1. The Kier molecular flexibility index (Phi) is 4.75. The number of aliphatic hydroxyl groups is 1. The van der Waals surface area contributed by atoms with Crippen LogP contribution in [0.25, 0.3) is 0 Å². The molecule has 0 saturated heterocycles. The lowest BCUT2D eigenvalue weighted by Gasteiger charge is -2.04. The molecule has 0 radical (unpaired) electrons. The molecule has 104 valence electrons. The van der Waals surface area contributed by atoms with Gasteiger partial charge in [0, 0.05) is 16.3 Å². The zero-order valence-electron chi connectivity index (χ0n) is 9.88. The summed E-state index contributed by atoms with van der Waals surface area (Å²) in [7, 11) is -3.59. The molecular formula is C10H11BrN2O3S3. The van der Waals surface area contributed by atoms with Crippen LogP contribution in [0.1, 0.15) is 15.4 Å². The van der Waals surface area contributed by atoms with Gasteiger partial charge in [-0.3, -0.25) is 0 Å². The second-order valence-electron chi connectivity index (χ2n) is 3.69. The second-order valence-corrected chi connectivity index (χ2v) is 8.82. The molecule has 2 rings (SSSR count). The lowest BCUT2D eigenvalue weighted by atomic mass is 10.4. The van der Waals surface area contributed by atoms with Crippen molar-refractivity contribution >= 4 is 48.6 Å². The van der Waals surface area contributed by atoms with Gasteiger partial charge in [0.1, 0.15) is 4.90 Å². The molecule has 0 fully saturated rings. The van der Waals surface area contributed by atoms with Crippen molar-refractivity contribution in [1.29, 1.82) is 0 Å². The Balaban J connectivity index is 2.18. The molecule has 9 heteroatoms. The third kappa shape index (κ3) is 3.41. The normalized spacial score (nSPS) is 11.9. The summed E-state index contributed by atoms with van der Waals surface area (Å²) in [6, 6.07) is 1.47. The van der Waals surface area contributed by atoms with Crippen LogP contribution < -0.4 is 4.72 Å². The third-order valence-corrected chi connectivity index (χ3v) is 6.99. The maximum Gasteiger partial charge on any atom is 0.242 e. The Morgan fingerprint density at radius 2 is 2.26 bits per heavy atom. The molecule has 0 atom stereocenters. The van der Waals surface area contributed by atoms with Crippen LogP contribution in [0.3, 0.4) is 0 Å². The molecule has 0 aliphatic carbocycles. The van der Waals surface area contributed by atoms with Gasteiger partial charge in [0.25, 0.3) is 0 Å². The number of aromatic nitrogens is 1. The van der Waals surface area contributed by atoms with Gasteiger partial charge in [-0.15, -0.1) is 22.7 Å². The predicted molar refractivity (Wildman–Crippen MR) is 78.8 cm³/mol. The van der Waals surface area contributed by atoms with Gasteiger partial charge in [0.05, 0.1) is 21.6 Å². The van der Waals surface area contributed by atoms with E-state index in [-0.39, 0.29) is 18.0 Å². The maximum atomic E-state index is 12.2. The smallest absolute Gasteiger partial charge is 0.242 e. The van der Waals surface area contributed by atoms with E-state index in [4.69, 9.17) is 5.11 Å². The van der Waals surface area contributed by atoms with Crippen molar-refractivity contribution in [2.24, 2.45) is 0 Å². The maximum absolute atomic E-state index is 12.2. The quantitative estimate of drug-likeness (QED) is 0.830. The number of nitrogens with zero attached hydrogens (tertiary/aromatic N) is 1. The first-order valence-electron chi connectivity index (χ1n) is 5.21. The highest BCUT2D eigenvalue weighted by molar-refractivity contribution is 9.11. The van der Waals surface area contributed by atoms with Crippen molar-refractivity contribution in [2.75, 3.05) is 0 Å². The monoisotopic (exact) mass is 382 g/mol. The van der Waals surface area contributed by atoms with E-state index >= 15 is 0 Å². The SMILES string of the molecule is Cc1ncsc1CNS(=O)(=O)c1cc(CO)sc1Br. The van der Waals surface area contributed by atoms with E-state index in [1.54, 1.807) is 5.51 Å². The first kappa shape index (κ1) is 15.1. The Hall–Kier alpha value is -0.320. The molecule has 0 aliphatic rings. The van der Waals surface area contributed by atoms with E-state index < -0.39 is 10.0 Å². The van der Waals surface area contributed by atoms with Crippen LogP contribution in [0.15, 0.2) is 20.3 Å². The minimum Gasteiger partial charge on any atom is -0.391 e. The van der Waals surface area contributed by atoms with E-state index in [1.165, 1.54) is 28.7 Å². The van der Waals surface area contributed by atoms with Gasteiger partial charge in [-0.05, 0) is 28.9 Å². The zero-order chi connectivity index (χ0) is 14.0. The van der Waals surface area contributed by atoms with Crippen molar-refractivity contribution in [1.82, 2.24) is 9.71 Å². The summed E-state index contributed by atoms with van der Waals surface area (Å²) in [4.78, 5) is 5.71. The van der Waals surface area contributed by atoms with Crippen molar-refractivity contribution in [3.05, 3.63) is 30.8 Å². The van der Waals surface area contributed by atoms with E-state index in [2.05, 4.69) is 25.6 Å². The molecule has 0 bridgehead atoms. The van der Waals surface area contributed by atoms with Gasteiger partial charge < -0.3 is 5.11 Å². The fourth-order valence-electron chi connectivity index (χ4n) is 1.39. The number of hydrogen-bond donors (Lipinski definition) is 2. The van der Waals surface area contributed by atoms with Crippen LogP contribution in [0.5, 0.6) is 0 Å². The molecule has 2 heterocycles. The van der Waals surface area contributed by atoms with Gasteiger partial charge in [0.2, 0.25) is 10.0 Å². The lowest BCUT2D eigenvalue weighted by Crippen LogP contribution is -2.23.